The number of nitrogens with zero attached hydrogens (tertiary/aromatic N) is 1. The maximum atomic E-state index is 13.5. The lowest BCUT2D eigenvalue weighted by Gasteiger charge is -2.28. The second-order valence-corrected chi connectivity index (χ2v) is 9.39. The Balaban J connectivity index is 1.59. The Bertz CT molecular complexity index is 1410. The summed E-state index contributed by atoms with van der Waals surface area (Å²) < 4.78 is 11.0. The molecular weight excluding hydrogens is 512 g/mol. The van der Waals surface area contributed by atoms with E-state index in [1.54, 1.807) is 67.6 Å². The van der Waals surface area contributed by atoms with Gasteiger partial charge >= 0.3 is 0 Å². The van der Waals surface area contributed by atoms with Crippen LogP contribution in [0.1, 0.15) is 18.6 Å². The van der Waals surface area contributed by atoms with Gasteiger partial charge in [-0.2, -0.15) is 5.26 Å². The lowest BCUT2D eigenvalue weighted by atomic mass is 9.85. The number of nitriles is 1. The van der Waals surface area contributed by atoms with Crippen LogP contribution in [-0.2, 0) is 9.59 Å². The first kappa shape index (κ1) is 25.9. The van der Waals surface area contributed by atoms with E-state index in [4.69, 9.17) is 20.8 Å². The molecule has 1 atom stereocenters. The van der Waals surface area contributed by atoms with Gasteiger partial charge in [-0.05, 0) is 55.5 Å². The molecule has 2 amide bonds. The third kappa shape index (κ3) is 6.00. The molecule has 188 valence electrons. The van der Waals surface area contributed by atoms with Gasteiger partial charge in [0.05, 0.1) is 53.0 Å². The van der Waals surface area contributed by atoms with Gasteiger partial charge in [0.1, 0.15) is 11.5 Å². The van der Waals surface area contributed by atoms with Crippen LogP contribution in [0.25, 0.3) is 0 Å². The lowest BCUT2D eigenvalue weighted by Crippen LogP contribution is -2.31. The number of hydrogen-bond donors (Lipinski definition) is 3. The number of carbonyl (C=O) groups excluding carboxylic acids is 2. The van der Waals surface area contributed by atoms with E-state index in [1.165, 1.54) is 25.1 Å². The van der Waals surface area contributed by atoms with E-state index in [1.807, 2.05) is 0 Å². The van der Waals surface area contributed by atoms with Gasteiger partial charge in [0.25, 0.3) is 5.91 Å². The lowest BCUT2D eigenvalue weighted by molar-refractivity contribution is -0.114. The molecule has 0 aliphatic carbocycles. The summed E-state index contributed by atoms with van der Waals surface area (Å²) in [6.45, 7) is 1.75. The van der Waals surface area contributed by atoms with Gasteiger partial charge < -0.3 is 25.1 Å². The van der Waals surface area contributed by atoms with Gasteiger partial charge in [0.2, 0.25) is 5.91 Å². The molecule has 2 heterocycles. The fourth-order valence-electron chi connectivity index (χ4n) is 3.87. The number of nitrogens with one attached hydrogen (secondary N) is 3. The number of ether oxygens (including phenoxy) is 1. The van der Waals surface area contributed by atoms with Gasteiger partial charge in [0.15, 0.2) is 0 Å². The number of anilines is 2. The molecule has 2 aromatic carbocycles. The smallest absolute Gasteiger partial charge is 0.254 e. The zero-order valence-corrected chi connectivity index (χ0v) is 21.6. The summed E-state index contributed by atoms with van der Waals surface area (Å²) in [5.41, 5.74) is 2.24. The number of hydrogen-bond acceptors (Lipinski definition) is 7. The molecule has 1 aliphatic heterocycles. The average molecular weight is 535 g/mol. The van der Waals surface area contributed by atoms with Crippen LogP contribution < -0.4 is 20.7 Å². The highest BCUT2D eigenvalue weighted by Crippen LogP contribution is 2.41. The first-order valence-corrected chi connectivity index (χ1v) is 12.6. The average Bonchev–Trinajstić information content (AvgIpc) is 3.43. The van der Waals surface area contributed by atoms with Crippen molar-refractivity contribution >= 4 is 46.6 Å². The largest absolute Gasteiger partial charge is 0.495 e. The van der Waals surface area contributed by atoms with Crippen LogP contribution in [0.3, 0.4) is 0 Å². The summed E-state index contributed by atoms with van der Waals surface area (Å²) in [6.07, 6.45) is 1.49. The second-order valence-electron chi connectivity index (χ2n) is 7.96. The van der Waals surface area contributed by atoms with Crippen molar-refractivity contribution in [3.8, 4) is 11.8 Å². The highest BCUT2D eigenvalue weighted by Gasteiger charge is 2.36. The van der Waals surface area contributed by atoms with Crippen LogP contribution >= 0.6 is 23.4 Å². The Kier molecular flexibility index (Phi) is 8.23. The summed E-state index contributed by atoms with van der Waals surface area (Å²) in [6, 6.07) is 19.5. The summed E-state index contributed by atoms with van der Waals surface area (Å²) in [7, 11) is 1.52. The first-order valence-electron chi connectivity index (χ1n) is 11.2. The number of halogens is 1. The fraction of sp³-hybridized carbons (Fsp3) is 0.148. The number of allylic oxidation sites excluding steroid dienone is 2. The van der Waals surface area contributed by atoms with E-state index >= 15 is 0 Å². The predicted molar refractivity (Wildman–Crippen MR) is 144 cm³/mol. The van der Waals surface area contributed by atoms with Crippen molar-refractivity contribution in [2.24, 2.45) is 0 Å². The van der Waals surface area contributed by atoms with E-state index < -0.39 is 11.8 Å². The van der Waals surface area contributed by atoms with Gasteiger partial charge in [-0.25, -0.2) is 0 Å². The van der Waals surface area contributed by atoms with Gasteiger partial charge in [0, 0.05) is 16.4 Å². The molecule has 1 unspecified atom stereocenters. The maximum absolute atomic E-state index is 13.5. The molecule has 0 fully saturated rings. The molecule has 1 aliphatic rings. The molecule has 3 N–H and O–H groups in total. The molecular formula is C27H23ClN4O4S. The monoisotopic (exact) mass is 534 g/mol. The second kappa shape index (κ2) is 11.7. The van der Waals surface area contributed by atoms with Gasteiger partial charge in [-0.1, -0.05) is 35.5 Å². The van der Waals surface area contributed by atoms with Crippen molar-refractivity contribution in [1.82, 2.24) is 5.32 Å². The SMILES string of the molecule is COc1ccccc1NC(=O)C1=C(C)NC(SCC(=O)Nc2ccc(Cl)cc2)=C(C#N)C1c1ccco1. The minimum atomic E-state index is -0.766. The topological polar surface area (TPSA) is 116 Å². The zero-order valence-electron chi connectivity index (χ0n) is 20.0. The number of dihydropyridines is 1. The van der Waals surface area contributed by atoms with Crippen LogP contribution in [0, 0.1) is 11.3 Å². The molecule has 3 aromatic rings. The number of amides is 2. The summed E-state index contributed by atoms with van der Waals surface area (Å²) in [5, 5.41) is 20.0. The van der Waals surface area contributed by atoms with Gasteiger partial charge in [-0.3, -0.25) is 9.59 Å². The molecule has 10 heteroatoms. The Morgan fingerprint density at radius 1 is 1.14 bits per heavy atom. The Morgan fingerprint density at radius 3 is 2.57 bits per heavy atom. The van der Waals surface area contributed by atoms with Crippen LogP contribution in [0.4, 0.5) is 11.4 Å². The van der Waals surface area contributed by atoms with Gasteiger partial charge in [-0.15, -0.1) is 0 Å². The first-order chi connectivity index (χ1) is 17.9. The van der Waals surface area contributed by atoms with E-state index in [0.717, 1.165) is 0 Å². The fourth-order valence-corrected chi connectivity index (χ4v) is 4.89. The van der Waals surface area contributed by atoms with Crippen LogP contribution in [0.2, 0.25) is 5.02 Å². The molecule has 0 spiro atoms. The minimum absolute atomic E-state index is 0.0387. The molecule has 0 saturated carbocycles. The van der Waals surface area contributed by atoms with Crippen molar-refractivity contribution in [3.05, 3.63) is 99.6 Å². The maximum Gasteiger partial charge on any atom is 0.254 e. The van der Waals surface area contributed by atoms with Crippen molar-refractivity contribution < 1.29 is 18.7 Å². The predicted octanol–water partition coefficient (Wildman–Crippen LogP) is 5.65. The third-order valence-electron chi connectivity index (χ3n) is 5.55. The molecule has 0 bridgehead atoms. The molecule has 0 radical (unpaired) electrons. The quantitative estimate of drug-likeness (QED) is 0.342. The van der Waals surface area contributed by atoms with Crippen LogP contribution in [-0.4, -0.2) is 24.7 Å². The van der Waals surface area contributed by atoms with Crippen molar-refractivity contribution in [1.29, 1.82) is 5.26 Å². The van der Waals surface area contributed by atoms with E-state index in [-0.39, 0.29) is 17.2 Å². The Hall–Kier alpha value is -4.13. The zero-order chi connectivity index (χ0) is 26.4. The van der Waals surface area contributed by atoms with E-state index in [0.29, 0.717) is 44.2 Å². The number of methoxy groups -OCH3 is 1. The summed E-state index contributed by atoms with van der Waals surface area (Å²) in [5.74, 6) is -0.449. The summed E-state index contributed by atoms with van der Waals surface area (Å²) in [4.78, 5) is 26.1. The van der Waals surface area contributed by atoms with E-state index in [9.17, 15) is 14.9 Å². The number of benzene rings is 2. The van der Waals surface area contributed by atoms with Crippen LogP contribution in [0.5, 0.6) is 5.75 Å². The summed E-state index contributed by atoms with van der Waals surface area (Å²) >= 11 is 7.07. The molecule has 1 aromatic heterocycles. The highest BCUT2D eigenvalue weighted by molar-refractivity contribution is 8.03. The standard InChI is InChI=1S/C27H23ClN4O4S/c1-16-24(26(34)32-20-6-3-4-7-21(20)35-2)25(22-8-5-13-36-22)19(14-29)27(30-16)37-15-23(33)31-18-11-9-17(28)10-12-18/h3-13,25,30H,15H2,1-2H3,(H,31,33)(H,32,34). The number of rotatable bonds is 8. The van der Waals surface area contributed by atoms with Crippen molar-refractivity contribution in [2.75, 3.05) is 23.5 Å². The molecule has 4 rings (SSSR count). The Morgan fingerprint density at radius 2 is 1.89 bits per heavy atom. The number of para-hydroxylation sites is 2. The van der Waals surface area contributed by atoms with E-state index in [2.05, 4.69) is 22.0 Å². The van der Waals surface area contributed by atoms with Crippen LogP contribution in [0.15, 0.2) is 93.2 Å². The molecule has 8 nitrogen and oxygen atoms in total. The molecule has 0 saturated heterocycles. The molecule has 37 heavy (non-hydrogen) atoms. The Labute approximate surface area is 223 Å². The number of furan rings is 1. The number of carbonyl (C=O) groups is 2. The third-order valence-corrected chi connectivity index (χ3v) is 6.82. The minimum Gasteiger partial charge on any atom is -0.495 e. The number of thioether (sulfide) groups is 1. The van der Waals surface area contributed by atoms with Crippen molar-refractivity contribution in [3.63, 3.8) is 0 Å². The van der Waals surface area contributed by atoms with Crippen molar-refractivity contribution in [2.45, 2.75) is 12.8 Å². The normalized spacial score (nSPS) is 15.0. The highest BCUT2D eigenvalue weighted by atomic mass is 35.5.